The predicted molar refractivity (Wildman–Crippen MR) is 108 cm³/mol. The van der Waals surface area contributed by atoms with Crippen LogP contribution in [0.2, 0.25) is 0 Å². The van der Waals surface area contributed by atoms with Crippen molar-refractivity contribution in [2.75, 3.05) is 24.5 Å². The first kappa shape index (κ1) is 20.1. The van der Waals surface area contributed by atoms with Gasteiger partial charge in [-0.3, -0.25) is 9.59 Å². The minimum Gasteiger partial charge on any atom is -0.497 e. The lowest BCUT2D eigenvalue weighted by molar-refractivity contribution is -0.118. The molecule has 29 heavy (non-hydrogen) atoms. The maximum atomic E-state index is 12.8. The highest BCUT2D eigenvalue weighted by atomic mass is 16.5. The molecule has 0 fully saturated rings. The topological polar surface area (TPSA) is 97.3 Å². The van der Waals surface area contributed by atoms with Gasteiger partial charge in [0.2, 0.25) is 5.91 Å². The second-order valence-corrected chi connectivity index (χ2v) is 6.45. The maximum Gasteiger partial charge on any atom is 0.340 e. The molecule has 150 valence electrons. The number of methoxy groups -OCH3 is 2. The lowest BCUT2D eigenvalue weighted by Crippen LogP contribution is -2.36. The molecule has 0 radical (unpaired) electrons. The minimum absolute atomic E-state index is 0.156. The fraction of sp³-hybridized carbons (Fsp3) is 0.238. The van der Waals surface area contributed by atoms with Gasteiger partial charge in [-0.1, -0.05) is 12.1 Å². The van der Waals surface area contributed by atoms with Gasteiger partial charge in [-0.15, -0.1) is 0 Å². The number of aryl methyl sites for hydroxylation is 1. The first-order chi connectivity index (χ1) is 13.9. The van der Waals surface area contributed by atoms with Gasteiger partial charge in [0, 0.05) is 12.8 Å². The van der Waals surface area contributed by atoms with E-state index in [9.17, 15) is 14.4 Å². The van der Waals surface area contributed by atoms with E-state index in [2.05, 4.69) is 10.4 Å². The monoisotopic (exact) mass is 395 g/mol. The smallest absolute Gasteiger partial charge is 0.340 e. The van der Waals surface area contributed by atoms with Crippen molar-refractivity contribution in [1.82, 2.24) is 0 Å². The van der Waals surface area contributed by atoms with Crippen molar-refractivity contribution in [2.24, 2.45) is 5.10 Å². The standard InChI is InChI=1S/C21H21N3O5/c1-13-5-4-6-14(11-13)24-19(25)10-9-18(23-24)20(26)22-17-8-7-15(28-2)12-16(17)21(27)29-3/h4-8,11-12H,9-10H2,1-3H3,(H,22,26). The van der Waals surface area contributed by atoms with E-state index in [1.807, 2.05) is 25.1 Å². The summed E-state index contributed by atoms with van der Waals surface area (Å²) in [5, 5.41) is 8.16. The van der Waals surface area contributed by atoms with Crippen LogP contribution in [-0.2, 0) is 14.3 Å². The molecule has 0 saturated carbocycles. The lowest BCUT2D eigenvalue weighted by Gasteiger charge is -2.23. The van der Waals surface area contributed by atoms with E-state index >= 15 is 0 Å². The number of esters is 1. The van der Waals surface area contributed by atoms with E-state index in [1.165, 1.54) is 25.3 Å². The molecule has 0 bridgehead atoms. The van der Waals surface area contributed by atoms with Crippen LogP contribution < -0.4 is 15.1 Å². The molecule has 0 aliphatic carbocycles. The number of carbonyl (C=O) groups is 3. The Labute approximate surface area is 168 Å². The molecular weight excluding hydrogens is 374 g/mol. The summed E-state index contributed by atoms with van der Waals surface area (Å²) in [4.78, 5) is 37.1. The van der Waals surface area contributed by atoms with Crippen LogP contribution in [0.4, 0.5) is 11.4 Å². The average molecular weight is 395 g/mol. The van der Waals surface area contributed by atoms with Crippen LogP contribution in [0.25, 0.3) is 0 Å². The molecule has 0 saturated heterocycles. The third-order valence-electron chi connectivity index (χ3n) is 4.42. The molecule has 8 nitrogen and oxygen atoms in total. The number of benzene rings is 2. The Hall–Kier alpha value is -3.68. The zero-order valence-electron chi connectivity index (χ0n) is 16.4. The minimum atomic E-state index is -0.610. The van der Waals surface area contributed by atoms with Crippen LogP contribution >= 0.6 is 0 Å². The van der Waals surface area contributed by atoms with E-state index in [-0.39, 0.29) is 35.7 Å². The number of hydrogen-bond donors (Lipinski definition) is 1. The van der Waals surface area contributed by atoms with Gasteiger partial charge in [-0.2, -0.15) is 5.10 Å². The zero-order chi connectivity index (χ0) is 21.0. The predicted octanol–water partition coefficient (Wildman–Crippen LogP) is 2.91. The molecular formula is C21H21N3O5. The van der Waals surface area contributed by atoms with Crippen molar-refractivity contribution in [3.05, 3.63) is 53.6 Å². The number of hydrazone groups is 1. The largest absolute Gasteiger partial charge is 0.497 e. The molecule has 1 N–H and O–H groups in total. The number of hydrogen-bond acceptors (Lipinski definition) is 6. The molecule has 8 heteroatoms. The first-order valence-electron chi connectivity index (χ1n) is 8.97. The molecule has 1 aliphatic heterocycles. The van der Waals surface area contributed by atoms with Crippen molar-refractivity contribution in [3.8, 4) is 5.75 Å². The van der Waals surface area contributed by atoms with Gasteiger partial charge < -0.3 is 14.8 Å². The van der Waals surface area contributed by atoms with Gasteiger partial charge >= 0.3 is 5.97 Å². The lowest BCUT2D eigenvalue weighted by atomic mass is 10.1. The highest BCUT2D eigenvalue weighted by Crippen LogP contribution is 2.25. The molecule has 1 aliphatic rings. The van der Waals surface area contributed by atoms with Crippen molar-refractivity contribution in [2.45, 2.75) is 19.8 Å². The Balaban J connectivity index is 1.88. The Morgan fingerprint density at radius 1 is 1.10 bits per heavy atom. The molecule has 2 aromatic rings. The number of ether oxygens (including phenoxy) is 2. The summed E-state index contributed by atoms with van der Waals surface area (Å²) in [7, 11) is 2.73. The van der Waals surface area contributed by atoms with Crippen molar-refractivity contribution >= 4 is 34.9 Å². The van der Waals surface area contributed by atoms with Gasteiger partial charge in [-0.25, -0.2) is 9.80 Å². The summed E-state index contributed by atoms with van der Waals surface area (Å²) in [5.74, 6) is -0.840. The van der Waals surface area contributed by atoms with Crippen molar-refractivity contribution in [1.29, 1.82) is 0 Å². The maximum absolute atomic E-state index is 12.8. The number of nitrogens with zero attached hydrogens (tertiary/aromatic N) is 2. The highest BCUT2D eigenvalue weighted by Gasteiger charge is 2.26. The highest BCUT2D eigenvalue weighted by molar-refractivity contribution is 6.44. The number of amides is 2. The SMILES string of the molecule is COC(=O)c1cc(OC)ccc1NC(=O)C1=NN(c2cccc(C)c2)C(=O)CC1. The van der Waals surface area contributed by atoms with E-state index in [0.717, 1.165) is 5.56 Å². The van der Waals surface area contributed by atoms with Gasteiger partial charge in [0.05, 0.1) is 31.2 Å². The average Bonchev–Trinajstić information content (AvgIpc) is 2.73. The molecule has 0 atom stereocenters. The van der Waals surface area contributed by atoms with Crippen molar-refractivity contribution < 1.29 is 23.9 Å². The Morgan fingerprint density at radius 3 is 2.59 bits per heavy atom. The molecule has 1 heterocycles. The summed E-state index contributed by atoms with van der Waals surface area (Å²) < 4.78 is 9.90. The van der Waals surface area contributed by atoms with Crippen LogP contribution in [0.3, 0.4) is 0 Å². The number of rotatable bonds is 5. The fourth-order valence-corrected chi connectivity index (χ4v) is 2.91. The Bertz CT molecular complexity index is 1000. The van der Waals surface area contributed by atoms with Crippen LogP contribution in [-0.4, -0.2) is 37.7 Å². The van der Waals surface area contributed by atoms with Crippen LogP contribution in [0.5, 0.6) is 5.75 Å². The van der Waals surface area contributed by atoms with Gasteiger partial charge in [-0.05, 0) is 42.8 Å². The number of anilines is 2. The molecule has 3 rings (SSSR count). The molecule has 2 amide bonds. The second kappa shape index (κ2) is 8.55. The van der Waals surface area contributed by atoms with Crippen molar-refractivity contribution in [3.63, 3.8) is 0 Å². The summed E-state index contributed by atoms with van der Waals surface area (Å²) in [6.45, 7) is 1.91. The van der Waals surface area contributed by atoms with E-state index < -0.39 is 11.9 Å². The van der Waals surface area contributed by atoms with E-state index in [4.69, 9.17) is 9.47 Å². The Kier molecular flexibility index (Phi) is 5.92. The second-order valence-electron chi connectivity index (χ2n) is 6.45. The zero-order valence-corrected chi connectivity index (χ0v) is 16.4. The Morgan fingerprint density at radius 2 is 1.90 bits per heavy atom. The third kappa shape index (κ3) is 4.43. The summed E-state index contributed by atoms with van der Waals surface area (Å²) in [5.41, 5.74) is 2.19. The normalized spacial score (nSPS) is 13.6. The molecule has 0 unspecified atom stereocenters. The van der Waals surface area contributed by atoms with Gasteiger partial charge in [0.25, 0.3) is 5.91 Å². The van der Waals surface area contributed by atoms with Crippen LogP contribution in [0.15, 0.2) is 47.6 Å². The van der Waals surface area contributed by atoms with Gasteiger partial charge in [0.15, 0.2) is 0 Å². The number of nitrogens with one attached hydrogen (secondary N) is 1. The third-order valence-corrected chi connectivity index (χ3v) is 4.42. The summed E-state index contributed by atoms with van der Waals surface area (Å²) >= 11 is 0. The van der Waals surface area contributed by atoms with Crippen LogP contribution in [0, 0.1) is 6.92 Å². The van der Waals surface area contributed by atoms with Gasteiger partial charge in [0.1, 0.15) is 11.5 Å². The van der Waals surface area contributed by atoms with E-state index in [0.29, 0.717) is 11.4 Å². The molecule has 2 aromatic carbocycles. The fourth-order valence-electron chi connectivity index (χ4n) is 2.91. The molecule has 0 spiro atoms. The number of carbonyl (C=O) groups excluding carboxylic acids is 3. The van der Waals surface area contributed by atoms with Crippen LogP contribution in [0.1, 0.15) is 28.8 Å². The van der Waals surface area contributed by atoms with E-state index in [1.54, 1.807) is 18.2 Å². The summed E-state index contributed by atoms with van der Waals surface area (Å²) in [6.07, 6.45) is 0.364. The molecule has 0 aromatic heterocycles. The first-order valence-corrected chi connectivity index (χ1v) is 8.97. The summed E-state index contributed by atoms with van der Waals surface area (Å²) in [6, 6.07) is 12.0. The quantitative estimate of drug-likeness (QED) is 0.785.